The van der Waals surface area contributed by atoms with Gasteiger partial charge >= 0.3 is 5.97 Å². The Labute approximate surface area is 136 Å². The molecule has 0 heterocycles. The van der Waals surface area contributed by atoms with Gasteiger partial charge < -0.3 is 10.4 Å². The third kappa shape index (κ3) is 5.25. The first-order valence-corrected chi connectivity index (χ1v) is 7.64. The number of rotatable bonds is 7. The van der Waals surface area contributed by atoms with Crippen LogP contribution in [0, 0.1) is 12.8 Å². The number of carbonyl (C=O) groups is 2. The molecule has 0 bridgehead atoms. The summed E-state index contributed by atoms with van der Waals surface area (Å²) in [4.78, 5) is 23.4. The monoisotopic (exact) mass is 311 g/mol. The highest BCUT2D eigenvalue weighted by Crippen LogP contribution is 2.10. The van der Waals surface area contributed by atoms with Crippen LogP contribution in [0.1, 0.15) is 16.7 Å². The Morgan fingerprint density at radius 2 is 1.70 bits per heavy atom. The first kappa shape index (κ1) is 16.7. The summed E-state index contributed by atoms with van der Waals surface area (Å²) >= 11 is 0. The van der Waals surface area contributed by atoms with Crippen LogP contribution in [0.25, 0.3) is 0 Å². The van der Waals surface area contributed by atoms with Gasteiger partial charge in [-0.3, -0.25) is 9.59 Å². The lowest BCUT2D eigenvalue weighted by molar-refractivity contribution is -0.141. The number of carboxylic acid groups (broad SMARTS) is 1. The number of aliphatic carboxylic acids is 1. The van der Waals surface area contributed by atoms with Gasteiger partial charge in [-0.05, 0) is 30.0 Å². The molecule has 4 nitrogen and oxygen atoms in total. The lowest BCUT2D eigenvalue weighted by Gasteiger charge is -2.14. The van der Waals surface area contributed by atoms with Crippen molar-refractivity contribution in [1.29, 1.82) is 0 Å². The second-order valence-electron chi connectivity index (χ2n) is 5.63. The Balaban J connectivity index is 1.90. The predicted molar refractivity (Wildman–Crippen MR) is 89.2 cm³/mol. The number of hydrogen-bond acceptors (Lipinski definition) is 2. The van der Waals surface area contributed by atoms with Crippen LogP contribution >= 0.6 is 0 Å². The molecule has 0 spiro atoms. The highest BCUT2D eigenvalue weighted by atomic mass is 16.4. The summed E-state index contributed by atoms with van der Waals surface area (Å²) in [5, 5.41) is 12.1. The van der Waals surface area contributed by atoms with Crippen molar-refractivity contribution in [3.8, 4) is 0 Å². The molecule has 1 atom stereocenters. The SMILES string of the molecule is Cc1ccccc1CC(=O)NCC(Cc1ccccc1)C(=O)O. The van der Waals surface area contributed by atoms with E-state index in [4.69, 9.17) is 0 Å². The molecule has 0 aromatic heterocycles. The number of benzene rings is 2. The van der Waals surface area contributed by atoms with E-state index in [9.17, 15) is 14.7 Å². The zero-order valence-electron chi connectivity index (χ0n) is 13.2. The molecule has 1 amide bonds. The average Bonchev–Trinajstić information content (AvgIpc) is 2.54. The molecule has 2 N–H and O–H groups in total. The van der Waals surface area contributed by atoms with Crippen molar-refractivity contribution < 1.29 is 14.7 Å². The van der Waals surface area contributed by atoms with Gasteiger partial charge in [0.2, 0.25) is 5.91 Å². The fraction of sp³-hybridized carbons (Fsp3) is 0.263. The van der Waals surface area contributed by atoms with E-state index < -0.39 is 11.9 Å². The van der Waals surface area contributed by atoms with Crippen LogP contribution in [0.4, 0.5) is 0 Å². The Kier molecular flexibility index (Phi) is 5.92. The van der Waals surface area contributed by atoms with Crippen LogP contribution in [0.2, 0.25) is 0 Å². The number of nitrogens with one attached hydrogen (secondary N) is 1. The van der Waals surface area contributed by atoms with Gasteiger partial charge in [-0.1, -0.05) is 54.6 Å². The third-order valence-electron chi connectivity index (χ3n) is 3.83. The molecule has 1 unspecified atom stereocenters. The van der Waals surface area contributed by atoms with Crippen molar-refractivity contribution in [1.82, 2.24) is 5.32 Å². The van der Waals surface area contributed by atoms with Gasteiger partial charge in [-0.25, -0.2) is 0 Å². The maximum Gasteiger partial charge on any atom is 0.308 e. The summed E-state index contributed by atoms with van der Waals surface area (Å²) in [6, 6.07) is 17.1. The molecule has 0 aliphatic heterocycles. The van der Waals surface area contributed by atoms with Crippen molar-refractivity contribution >= 4 is 11.9 Å². The second kappa shape index (κ2) is 8.13. The molecule has 2 rings (SSSR count). The summed E-state index contributed by atoms with van der Waals surface area (Å²) in [5.74, 6) is -1.68. The van der Waals surface area contributed by atoms with Gasteiger partial charge in [0.1, 0.15) is 0 Å². The molecule has 0 saturated heterocycles. The van der Waals surface area contributed by atoms with Gasteiger partial charge in [0.05, 0.1) is 12.3 Å². The van der Waals surface area contributed by atoms with E-state index in [2.05, 4.69) is 5.32 Å². The molecule has 0 fully saturated rings. The number of carbonyl (C=O) groups excluding carboxylic acids is 1. The zero-order chi connectivity index (χ0) is 16.7. The van der Waals surface area contributed by atoms with Crippen LogP contribution in [-0.2, 0) is 22.4 Å². The Hall–Kier alpha value is -2.62. The van der Waals surface area contributed by atoms with Gasteiger partial charge in [-0.15, -0.1) is 0 Å². The standard InChI is InChI=1S/C19H21NO3/c1-14-7-5-6-10-16(14)12-18(21)20-13-17(19(22)23)11-15-8-3-2-4-9-15/h2-10,17H,11-13H2,1H3,(H,20,21)(H,22,23). The molecule has 23 heavy (non-hydrogen) atoms. The lowest BCUT2D eigenvalue weighted by Crippen LogP contribution is -2.35. The molecule has 0 radical (unpaired) electrons. The summed E-state index contributed by atoms with van der Waals surface area (Å²) in [6.45, 7) is 2.09. The summed E-state index contributed by atoms with van der Waals surface area (Å²) in [5.41, 5.74) is 2.97. The molecule has 0 saturated carbocycles. The lowest BCUT2D eigenvalue weighted by atomic mass is 9.99. The second-order valence-corrected chi connectivity index (χ2v) is 5.63. The third-order valence-corrected chi connectivity index (χ3v) is 3.83. The largest absolute Gasteiger partial charge is 0.481 e. The van der Waals surface area contributed by atoms with E-state index in [1.807, 2.05) is 61.5 Å². The Bertz CT molecular complexity index is 667. The van der Waals surface area contributed by atoms with Crippen LogP contribution in [0.5, 0.6) is 0 Å². The fourth-order valence-electron chi connectivity index (χ4n) is 2.43. The highest BCUT2D eigenvalue weighted by Gasteiger charge is 2.19. The first-order chi connectivity index (χ1) is 11.1. The van der Waals surface area contributed by atoms with E-state index in [0.717, 1.165) is 16.7 Å². The van der Waals surface area contributed by atoms with E-state index in [1.54, 1.807) is 0 Å². The number of amides is 1. The molecule has 0 aliphatic rings. The number of hydrogen-bond donors (Lipinski definition) is 2. The van der Waals surface area contributed by atoms with Crippen LogP contribution in [-0.4, -0.2) is 23.5 Å². The zero-order valence-corrected chi connectivity index (χ0v) is 13.2. The van der Waals surface area contributed by atoms with Crippen molar-refractivity contribution in [2.45, 2.75) is 19.8 Å². The molecular formula is C19H21NO3. The van der Waals surface area contributed by atoms with Gasteiger partial charge in [0.15, 0.2) is 0 Å². The van der Waals surface area contributed by atoms with Crippen molar-refractivity contribution in [2.75, 3.05) is 6.54 Å². The van der Waals surface area contributed by atoms with E-state index in [1.165, 1.54) is 0 Å². The number of aryl methyl sites for hydroxylation is 1. The minimum absolute atomic E-state index is 0.134. The van der Waals surface area contributed by atoms with Crippen molar-refractivity contribution in [2.24, 2.45) is 5.92 Å². The summed E-state index contributed by atoms with van der Waals surface area (Å²) < 4.78 is 0. The van der Waals surface area contributed by atoms with Crippen molar-refractivity contribution in [3.63, 3.8) is 0 Å². The van der Waals surface area contributed by atoms with Crippen LogP contribution in [0.15, 0.2) is 54.6 Å². The number of carboxylic acids is 1. The maximum atomic E-state index is 12.0. The van der Waals surface area contributed by atoms with Gasteiger partial charge in [0.25, 0.3) is 0 Å². The van der Waals surface area contributed by atoms with Crippen LogP contribution in [0.3, 0.4) is 0 Å². The molecule has 0 aliphatic carbocycles. The average molecular weight is 311 g/mol. The van der Waals surface area contributed by atoms with Crippen molar-refractivity contribution in [3.05, 3.63) is 71.3 Å². The first-order valence-electron chi connectivity index (χ1n) is 7.64. The molecule has 120 valence electrons. The minimum Gasteiger partial charge on any atom is -0.481 e. The van der Waals surface area contributed by atoms with Crippen LogP contribution < -0.4 is 5.32 Å². The van der Waals surface area contributed by atoms with E-state index in [-0.39, 0.29) is 18.9 Å². The molecular weight excluding hydrogens is 290 g/mol. The minimum atomic E-state index is -0.898. The van der Waals surface area contributed by atoms with Gasteiger partial charge in [-0.2, -0.15) is 0 Å². The van der Waals surface area contributed by atoms with E-state index >= 15 is 0 Å². The van der Waals surface area contributed by atoms with E-state index in [0.29, 0.717) is 6.42 Å². The molecule has 4 heteroatoms. The maximum absolute atomic E-state index is 12.0. The topological polar surface area (TPSA) is 66.4 Å². The molecule has 2 aromatic carbocycles. The van der Waals surface area contributed by atoms with Gasteiger partial charge in [0, 0.05) is 6.54 Å². The normalized spacial score (nSPS) is 11.7. The molecule has 2 aromatic rings. The highest BCUT2D eigenvalue weighted by molar-refractivity contribution is 5.80. The Morgan fingerprint density at radius 3 is 2.35 bits per heavy atom. The Morgan fingerprint density at radius 1 is 1.04 bits per heavy atom. The smallest absolute Gasteiger partial charge is 0.308 e. The predicted octanol–water partition coefficient (Wildman–Crippen LogP) is 2.60. The summed E-state index contributed by atoms with van der Waals surface area (Å²) in [7, 11) is 0. The fourth-order valence-corrected chi connectivity index (χ4v) is 2.43. The summed E-state index contributed by atoms with van der Waals surface area (Å²) in [6.07, 6.45) is 0.672. The quantitative estimate of drug-likeness (QED) is 0.826.